The molecule has 17 heteroatoms. The Kier molecular flexibility index (Phi) is 13.1. The number of carbonyl (C=O) groups excluding carboxylic acids is 5. The molecule has 1 fully saturated rings. The second-order valence-corrected chi connectivity index (χ2v) is 16.1. The lowest BCUT2D eigenvalue weighted by molar-refractivity contribution is -0.247. The summed E-state index contributed by atoms with van der Waals surface area (Å²) >= 11 is 0. The maximum absolute atomic E-state index is 14.0. The highest BCUT2D eigenvalue weighted by atomic mass is 16.7. The van der Waals surface area contributed by atoms with Gasteiger partial charge in [-0.15, -0.1) is 0 Å². The van der Waals surface area contributed by atoms with Crippen molar-refractivity contribution in [2.24, 2.45) is 17.4 Å². The van der Waals surface area contributed by atoms with Gasteiger partial charge in [0.1, 0.15) is 35.0 Å². The Bertz CT molecular complexity index is 2150. The van der Waals surface area contributed by atoms with Crippen LogP contribution >= 0.6 is 0 Å². The summed E-state index contributed by atoms with van der Waals surface area (Å²) in [5.74, 6) is -6.40. The predicted molar refractivity (Wildman–Crippen MR) is 211 cm³/mol. The highest BCUT2D eigenvalue weighted by Crippen LogP contribution is 2.52. The van der Waals surface area contributed by atoms with Crippen LogP contribution in [0.15, 0.2) is 48.5 Å². The van der Waals surface area contributed by atoms with Crippen LogP contribution in [0.3, 0.4) is 0 Å². The fourth-order valence-electron chi connectivity index (χ4n) is 8.11. The molecule has 3 aliphatic rings. The number of carbonyl (C=O) groups is 5. The van der Waals surface area contributed by atoms with E-state index >= 15 is 0 Å². The van der Waals surface area contributed by atoms with Gasteiger partial charge in [-0.05, 0) is 37.3 Å². The smallest absolute Gasteiger partial charge is 0.329 e. The van der Waals surface area contributed by atoms with Crippen LogP contribution in [0.25, 0.3) is 0 Å². The highest BCUT2D eigenvalue weighted by Gasteiger charge is 2.51. The Hall–Kier alpha value is -5.27. The standard InChI is InChI=1S/C43H51N3O14/c1-19(2)13-26(46-41(54)38(51)24(44)14-21-9-6-5-7-10-21)42(55)58-18-29(47)43(56)16-23-32(28(17-43)60-30-15-25(45)35(48)20(3)59-30)40(53)34-33(37(23)50)36(49)22-11-8-12-27(57-4)31(22)39(34)52/h5-12,19-20,24-26,28,30,35,38,48,50-51,53,56H,13-18,44-45H2,1-4H3,(H,46,54)/t20-,24+,25+,26-,28-,30?,35-,38-,43-/m0/s1. The molecule has 1 heterocycles. The van der Waals surface area contributed by atoms with Crippen molar-refractivity contribution in [3.8, 4) is 17.2 Å². The number of methoxy groups -OCH3 is 1. The van der Waals surface area contributed by atoms with Gasteiger partial charge in [0.25, 0.3) is 5.91 Å². The number of rotatable bonds is 14. The van der Waals surface area contributed by atoms with Crippen molar-refractivity contribution in [1.29, 1.82) is 0 Å². The molecule has 0 saturated carbocycles. The summed E-state index contributed by atoms with van der Waals surface area (Å²) in [4.78, 5) is 68.5. The monoisotopic (exact) mass is 833 g/mol. The number of aliphatic hydroxyl groups is 3. The zero-order valence-electron chi connectivity index (χ0n) is 33.6. The summed E-state index contributed by atoms with van der Waals surface area (Å²) in [5.41, 5.74) is 8.68. The van der Waals surface area contributed by atoms with E-state index in [0.717, 1.165) is 5.56 Å². The third kappa shape index (κ3) is 8.65. The third-order valence-corrected chi connectivity index (χ3v) is 11.3. The van der Waals surface area contributed by atoms with Gasteiger partial charge >= 0.3 is 5.97 Å². The van der Waals surface area contributed by atoms with E-state index in [1.165, 1.54) is 25.3 Å². The largest absolute Gasteiger partial charge is 0.507 e. The van der Waals surface area contributed by atoms with Crippen LogP contribution in [0.4, 0.5) is 0 Å². The van der Waals surface area contributed by atoms with Gasteiger partial charge < -0.3 is 61.3 Å². The molecule has 9 atom stereocenters. The maximum atomic E-state index is 14.0. The number of esters is 1. The first-order valence-corrected chi connectivity index (χ1v) is 19.7. The molecule has 0 aromatic heterocycles. The summed E-state index contributed by atoms with van der Waals surface area (Å²) < 4.78 is 22.7. The number of Topliss-reactive ketones (excluding diaryl/α,β-unsaturated/α-hetero) is 1. The molecule has 17 nitrogen and oxygen atoms in total. The van der Waals surface area contributed by atoms with E-state index in [2.05, 4.69) is 5.32 Å². The number of phenols is 2. The van der Waals surface area contributed by atoms with E-state index in [4.69, 9.17) is 30.4 Å². The number of nitrogens with two attached hydrogens (primary N) is 2. The van der Waals surface area contributed by atoms with E-state index in [9.17, 15) is 49.5 Å². The Morgan fingerprint density at radius 3 is 2.33 bits per heavy atom. The van der Waals surface area contributed by atoms with Crippen LogP contribution in [0.5, 0.6) is 17.2 Å². The topological polar surface area (TPSA) is 287 Å². The summed E-state index contributed by atoms with van der Waals surface area (Å²) in [7, 11) is 1.30. The van der Waals surface area contributed by atoms with Crippen LogP contribution in [0.2, 0.25) is 0 Å². The van der Waals surface area contributed by atoms with Crippen LogP contribution < -0.4 is 21.5 Å². The minimum absolute atomic E-state index is 0.0453. The zero-order valence-corrected chi connectivity index (χ0v) is 33.6. The predicted octanol–water partition coefficient (Wildman–Crippen LogP) is 1.01. The Labute approximate surface area is 345 Å². The van der Waals surface area contributed by atoms with Gasteiger partial charge in [-0.2, -0.15) is 0 Å². The molecule has 322 valence electrons. The second-order valence-electron chi connectivity index (χ2n) is 16.1. The van der Waals surface area contributed by atoms with Gasteiger partial charge in [-0.1, -0.05) is 56.3 Å². The van der Waals surface area contributed by atoms with E-state index < -0.39 is 126 Å². The number of benzene rings is 3. The number of aromatic hydroxyl groups is 2. The molecular formula is C43H51N3O14. The first kappa shape index (κ1) is 44.3. The molecule has 6 rings (SSSR count). The van der Waals surface area contributed by atoms with E-state index in [-0.39, 0.29) is 53.2 Å². The fraction of sp³-hybridized carbons (Fsp3) is 0.465. The molecular weight excluding hydrogens is 782 g/mol. The first-order chi connectivity index (χ1) is 28.4. The molecule has 60 heavy (non-hydrogen) atoms. The van der Waals surface area contributed by atoms with Crippen molar-refractivity contribution in [2.75, 3.05) is 13.7 Å². The van der Waals surface area contributed by atoms with E-state index in [0.29, 0.717) is 0 Å². The maximum Gasteiger partial charge on any atom is 0.329 e. The number of nitrogens with one attached hydrogen (secondary N) is 1. The van der Waals surface area contributed by atoms with Gasteiger partial charge in [0.05, 0.1) is 42.1 Å². The summed E-state index contributed by atoms with van der Waals surface area (Å²) in [6.45, 7) is 4.06. The van der Waals surface area contributed by atoms with Gasteiger partial charge in [-0.25, -0.2) is 4.79 Å². The molecule has 0 bridgehead atoms. The molecule has 10 N–H and O–H groups in total. The van der Waals surface area contributed by atoms with Crippen molar-refractivity contribution >= 4 is 29.2 Å². The van der Waals surface area contributed by atoms with Crippen LogP contribution in [0, 0.1) is 5.92 Å². The Morgan fingerprint density at radius 1 is 1.00 bits per heavy atom. The Morgan fingerprint density at radius 2 is 1.68 bits per heavy atom. The normalized spacial score (nSPS) is 25.0. The second kappa shape index (κ2) is 17.8. The molecule has 0 radical (unpaired) electrons. The Balaban J connectivity index is 1.28. The highest BCUT2D eigenvalue weighted by molar-refractivity contribution is 6.31. The number of hydrogen-bond acceptors (Lipinski definition) is 16. The minimum atomic E-state index is -2.49. The molecule has 0 spiro atoms. The number of hydrogen-bond donors (Lipinski definition) is 8. The quantitative estimate of drug-likeness (QED) is 0.0650. The number of aliphatic hydroxyl groups excluding tert-OH is 2. The van der Waals surface area contributed by atoms with Gasteiger partial charge in [0.2, 0.25) is 11.6 Å². The minimum Gasteiger partial charge on any atom is -0.507 e. The molecule has 1 aliphatic heterocycles. The van der Waals surface area contributed by atoms with Crippen molar-refractivity contribution in [3.05, 3.63) is 87.5 Å². The van der Waals surface area contributed by atoms with Crippen LogP contribution in [-0.4, -0.2) is 117 Å². The molecule has 3 aromatic carbocycles. The number of ketones is 3. The lowest BCUT2D eigenvalue weighted by Gasteiger charge is -2.42. The van der Waals surface area contributed by atoms with Gasteiger partial charge in [0.15, 0.2) is 18.7 Å². The fourth-order valence-corrected chi connectivity index (χ4v) is 8.11. The van der Waals surface area contributed by atoms with E-state index in [1.54, 1.807) is 45.0 Å². The number of phenolic OH excluding ortho intramolecular Hbond substituents is 2. The third-order valence-electron chi connectivity index (χ3n) is 11.3. The molecule has 1 amide bonds. The van der Waals surface area contributed by atoms with Crippen molar-refractivity contribution < 1.29 is 68.5 Å². The summed E-state index contributed by atoms with van der Waals surface area (Å²) in [6.07, 6.45) is -7.49. The number of ether oxygens (including phenoxy) is 4. The van der Waals surface area contributed by atoms with Gasteiger partial charge in [-0.3, -0.25) is 19.2 Å². The molecule has 1 unspecified atom stereocenters. The summed E-state index contributed by atoms with van der Waals surface area (Å²) in [5, 5.41) is 59.3. The molecule has 2 aliphatic carbocycles. The average molecular weight is 834 g/mol. The lowest BCUT2D eigenvalue weighted by atomic mass is 9.72. The zero-order chi connectivity index (χ0) is 43.8. The van der Waals surface area contributed by atoms with Crippen molar-refractivity contribution in [3.63, 3.8) is 0 Å². The van der Waals surface area contributed by atoms with Crippen LogP contribution in [-0.2, 0) is 41.4 Å². The lowest BCUT2D eigenvalue weighted by Crippen LogP contribution is -2.53. The summed E-state index contributed by atoms with van der Waals surface area (Å²) in [6, 6.07) is 10.1. The van der Waals surface area contributed by atoms with Crippen molar-refractivity contribution in [2.45, 2.75) is 107 Å². The average Bonchev–Trinajstić information content (AvgIpc) is 3.21. The van der Waals surface area contributed by atoms with E-state index in [1.807, 2.05) is 6.07 Å². The molecule has 3 aromatic rings. The number of amides is 1. The number of fused-ring (bicyclic) bond motifs is 3. The molecule has 1 saturated heterocycles. The van der Waals surface area contributed by atoms with Crippen molar-refractivity contribution in [1.82, 2.24) is 5.32 Å². The van der Waals surface area contributed by atoms with Gasteiger partial charge in [0, 0.05) is 48.0 Å². The first-order valence-electron chi connectivity index (χ1n) is 19.7. The van der Waals surface area contributed by atoms with Crippen LogP contribution in [0.1, 0.15) is 94.7 Å². The SMILES string of the molecule is COc1cccc2c1C(=O)c1c(O)c3c(c(O)c1C2=O)C[C@@](O)(C(=O)COC(=O)[C@H](CC(C)C)NC(=O)[C@@H](O)[C@H](N)Cc1ccccc1)C[C@@H]3OC1C[C@@H](N)[C@@H](O)[C@H](C)O1.